The molecule has 1 aliphatic rings. The third kappa shape index (κ3) is 2.17. The number of halogens is 1. The molecule has 5 heteroatoms. The van der Waals surface area contributed by atoms with E-state index in [0.29, 0.717) is 12.2 Å². The van der Waals surface area contributed by atoms with E-state index in [2.05, 4.69) is 30.8 Å². The van der Waals surface area contributed by atoms with E-state index in [1.54, 1.807) is 6.20 Å². The van der Waals surface area contributed by atoms with Crippen LogP contribution in [0.4, 0.5) is 5.82 Å². The van der Waals surface area contributed by atoms with Gasteiger partial charge in [-0.05, 0) is 15.9 Å². The Morgan fingerprint density at radius 2 is 2.40 bits per heavy atom. The third-order valence-corrected chi connectivity index (χ3v) is 3.18. The zero-order valence-corrected chi connectivity index (χ0v) is 10.1. The lowest BCUT2D eigenvalue weighted by Gasteiger charge is -2.31. The summed E-state index contributed by atoms with van der Waals surface area (Å²) in [4.78, 5) is 21.6. The minimum absolute atomic E-state index is 0.0978. The number of ketones is 1. The fourth-order valence-electron chi connectivity index (χ4n) is 1.75. The summed E-state index contributed by atoms with van der Waals surface area (Å²) in [6.07, 6.45) is 3.86. The van der Waals surface area contributed by atoms with Gasteiger partial charge >= 0.3 is 0 Å². The average Bonchev–Trinajstić information content (AvgIpc) is 2.23. The van der Waals surface area contributed by atoms with Crippen molar-refractivity contribution in [3.63, 3.8) is 0 Å². The number of anilines is 1. The number of piperidine rings is 1. The van der Waals surface area contributed by atoms with Gasteiger partial charge < -0.3 is 4.90 Å². The van der Waals surface area contributed by atoms with Gasteiger partial charge in [0.1, 0.15) is 17.9 Å². The van der Waals surface area contributed by atoms with Gasteiger partial charge in [0.15, 0.2) is 0 Å². The van der Waals surface area contributed by atoms with E-state index in [9.17, 15) is 4.79 Å². The number of nitrogens with zero attached hydrogens (tertiary/aromatic N) is 3. The third-order valence-electron chi connectivity index (χ3n) is 2.62. The molecule has 0 bridgehead atoms. The van der Waals surface area contributed by atoms with Gasteiger partial charge in [0.25, 0.3) is 0 Å². The second-order valence-electron chi connectivity index (χ2n) is 3.76. The number of hydrogen-bond donors (Lipinski definition) is 0. The van der Waals surface area contributed by atoms with Crippen molar-refractivity contribution < 1.29 is 4.79 Å². The molecule has 15 heavy (non-hydrogen) atoms. The number of rotatable bonds is 1. The normalized spacial score (nSPS) is 21.9. The molecule has 0 N–H and O–H groups in total. The van der Waals surface area contributed by atoms with E-state index in [1.165, 1.54) is 6.33 Å². The van der Waals surface area contributed by atoms with Crippen LogP contribution in [0.1, 0.15) is 13.3 Å². The highest BCUT2D eigenvalue weighted by atomic mass is 79.9. The zero-order valence-electron chi connectivity index (χ0n) is 8.48. The molecule has 1 aromatic rings. The predicted molar refractivity (Wildman–Crippen MR) is 60.7 cm³/mol. The quantitative estimate of drug-likeness (QED) is 0.778. The van der Waals surface area contributed by atoms with Crippen molar-refractivity contribution in [2.24, 2.45) is 5.92 Å². The maximum atomic E-state index is 11.4. The van der Waals surface area contributed by atoms with Crippen LogP contribution in [0.15, 0.2) is 17.0 Å². The summed E-state index contributed by atoms with van der Waals surface area (Å²) >= 11 is 3.42. The molecule has 1 saturated heterocycles. The summed E-state index contributed by atoms with van der Waals surface area (Å²) in [6, 6.07) is 0. The molecule has 2 heterocycles. The summed E-state index contributed by atoms with van der Waals surface area (Å²) < 4.78 is 0.881. The van der Waals surface area contributed by atoms with E-state index in [0.717, 1.165) is 23.4 Å². The van der Waals surface area contributed by atoms with Crippen LogP contribution in [0.3, 0.4) is 0 Å². The van der Waals surface area contributed by atoms with E-state index in [1.807, 2.05) is 6.92 Å². The van der Waals surface area contributed by atoms with Crippen molar-refractivity contribution in [1.82, 2.24) is 9.97 Å². The minimum Gasteiger partial charge on any atom is -0.354 e. The predicted octanol–water partition coefficient (Wildman–Crippen LogP) is 1.65. The average molecular weight is 270 g/mol. The number of carbonyl (C=O) groups is 1. The van der Waals surface area contributed by atoms with Crippen molar-refractivity contribution in [2.75, 3.05) is 18.0 Å². The van der Waals surface area contributed by atoms with Crippen LogP contribution >= 0.6 is 15.9 Å². The minimum atomic E-state index is 0.0978. The molecule has 1 fully saturated rings. The molecule has 0 aliphatic carbocycles. The lowest BCUT2D eigenvalue weighted by atomic mass is 9.99. The number of Topliss-reactive ketones (excluding diaryl/α,β-unsaturated/α-hetero) is 1. The molecule has 1 aromatic heterocycles. The fourth-order valence-corrected chi connectivity index (χ4v) is 2.22. The van der Waals surface area contributed by atoms with Crippen LogP contribution in [0, 0.1) is 5.92 Å². The van der Waals surface area contributed by atoms with E-state index in [4.69, 9.17) is 0 Å². The molecule has 0 aromatic carbocycles. The fraction of sp³-hybridized carbons (Fsp3) is 0.500. The summed E-state index contributed by atoms with van der Waals surface area (Å²) in [5.41, 5.74) is 0. The first kappa shape index (κ1) is 10.5. The summed E-state index contributed by atoms with van der Waals surface area (Å²) in [5.74, 6) is 1.32. The lowest BCUT2D eigenvalue weighted by molar-refractivity contribution is -0.122. The first-order valence-corrected chi connectivity index (χ1v) is 5.71. The number of hydrogen-bond acceptors (Lipinski definition) is 4. The molecule has 0 radical (unpaired) electrons. The van der Waals surface area contributed by atoms with Crippen LogP contribution in [0.2, 0.25) is 0 Å². The molecular formula is C10H12BrN3O. The summed E-state index contributed by atoms with van der Waals surface area (Å²) in [5, 5.41) is 0. The van der Waals surface area contributed by atoms with E-state index < -0.39 is 0 Å². The molecule has 2 rings (SSSR count). The molecule has 0 amide bonds. The van der Waals surface area contributed by atoms with Crippen LogP contribution in [-0.4, -0.2) is 28.8 Å². The molecule has 0 saturated carbocycles. The molecular weight excluding hydrogens is 258 g/mol. The van der Waals surface area contributed by atoms with E-state index >= 15 is 0 Å². The summed E-state index contributed by atoms with van der Waals surface area (Å²) in [7, 11) is 0. The van der Waals surface area contributed by atoms with Crippen molar-refractivity contribution in [3.8, 4) is 0 Å². The molecule has 1 atom stereocenters. The van der Waals surface area contributed by atoms with Crippen LogP contribution in [0.5, 0.6) is 0 Å². The zero-order chi connectivity index (χ0) is 10.8. The molecule has 80 valence electrons. The SMILES string of the molecule is CC1CN(c2ncncc2Br)CCC1=O. The van der Waals surface area contributed by atoms with Gasteiger partial charge in [0.2, 0.25) is 0 Å². The topological polar surface area (TPSA) is 46.1 Å². The number of aromatic nitrogens is 2. The Bertz CT molecular complexity index is 383. The molecule has 1 unspecified atom stereocenters. The van der Waals surface area contributed by atoms with Gasteiger partial charge in [0, 0.05) is 31.6 Å². The van der Waals surface area contributed by atoms with Gasteiger partial charge in [-0.3, -0.25) is 4.79 Å². The van der Waals surface area contributed by atoms with Gasteiger partial charge in [-0.25, -0.2) is 9.97 Å². The highest BCUT2D eigenvalue weighted by Gasteiger charge is 2.25. The Morgan fingerprint density at radius 1 is 1.60 bits per heavy atom. The first-order valence-electron chi connectivity index (χ1n) is 4.91. The largest absolute Gasteiger partial charge is 0.354 e. The second-order valence-corrected chi connectivity index (χ2v) is 4.61. The van der Waals surface area contributed by atoms with Crippen LogP contribution < -0.4 is 4.90 Å². The Balaban J connectivity index is 2.19. The second kappa shape index (κ2) is 4.26. The van der Waals surface area contributed by atoms with Gasteiger partial charge in [-0.1, -0.05) is 6.92 Å². The lowest BCUT2D eigenvalue weighted by Crippen LogP contribution is -2.40. The monoisotopic (exact) mass is 269 g/mol. The van der Waals surface area contributed by atoms with Crippen molar-refractivity contribution in [2.45, 2.75) is 13.3 Å². The Labute approximate surface area is 96.8 Å². The highest BCUT2D eigenvalue weighted by Crippen LogP contribution is 2.25. The van der Waals surface area contributed by atoms with Crippen molar-refractivity contribution in [3.05, 3.63) is 17.0 Å². The molecule has 4 nitrogen and oxygen atoms in total. The number of carbonyl (C=O) groups excluding carboxylic acids is 1. The van der Waals surface area contributed by atoms with Crippen molar-refractivity contribution >= 4 is 27.5 Å². The van der Waals surface area contributed by atoms with Gasteiger partial charge in [-0.15, -0.1) is 0 Å². The standard InChI is InChI=1S/C10H12BrN3O/c1-7-5-14(3-2-9(7)15)10-8(11)4-12-6-13-10/h4,6-7H,2-3,5H2,1H3. The van der Waals surface area contributed by atoms with Gasteiger partial charge in [0.05, 0.1) is 4.47 Å². The smallest absolute Gasteiger partial charge is 0.146 e. The van der Waals surface area contributed by atoms with Crippen LogP contribution in [-0.2, 0) is 4.79 Å². The van der Waals surface area contributed by atoms with Crippen molar-refractivity contribution in [1.29, 1.82) is 0 Å². The van der Waals surface area contributed by atoms with Crippen LogP contribution in [0.25, 0.3) is 0 Å². The molecule has 1 aliphatic heterocycles. The summed E-state index contributed by atoms with van der Waals surface area (Å²) in [6.45, 7) is 3.46. The first-order chi connectivity index (χ1) is 7.18. The Morgan fingerprint density at radius 3 is 3.07 bits per heavy atom. The maximum Gasteiger partial charge on any atom is 0.146 e. The maximum absolute atomic E-state index is 11.4. The highest BCUT2D eigenvalue weighted by molar-refractivity contribution is 9.10. The van der Waals surface area contributed by atoms with E-state index in [-0.39, 0.29) is 5.92 Å². The Hall–Kier alpha value is -0.970. The molecule has 0 spiro atoms. The van der Waals surface area contributed by atoms with Gasteiger partial charge in [-0.2, -0.15) is 0 Å². The Kier molecular flexibility index (Phi) is 3.00.